The fraction of sp³-hybridized carbons (Fsp3) is 0.316. The average Bonchev–Trinajstić information content (AvgIpc) is 2.86. The van der Waals surface area contributed by atoms with Gasteiger partial charge in [-0.3, -0.25) is 4.40 Å². The van der Waals surface area contributed by atoms with E-state index >= 15 is 0 Å². The van der Waals surface area contributed by atoms with Crippen LogP contribution in [-0.2, 0) is 0 Å². The third kappa shape index (κ3) is 3.62. The number of pyridine rings is 1. The molecule has 2 aromatic heterocycles. The van der Waals surface area contributed by atoms with Crippen molar-refractivity contribution in [3.8, 4) is 5.75 Å². The molecule has 0 aliphatic rings. The Hall–Kier alpha value is -2.69. The van der Waals surface area contributed by atoms with Gasteiger partial charge in [0.1, 0.15) is 11.4 Å². The van der Waals surface area contributed by atoms with E-state index < -0.39 is 0 Å². The van der Waals surface area contributed by atoms with Crippen molar-refractivity contribution in [1.82, 2.24) is 9.38 Å². The number of benzene rings is 1. The zero-order valence-electron chi connectivity index (χ0n) is 14.5. The molecule has 0 aliphatic heterocycles. The molecule has 2 heterocycles. The highest BCUT2D eigenvalue weighted by Gasteiger charge is 2.07. The molecule has 0 unspecified atom stereocenters. The minimum Gasteiger partial charge on any atom is -0.493 e. The summed E-state index contributed by atoms with van der Waals surface area (Å²) in [4.78, 5) is 4.53. The molecule has 5 heteroatoms. The number of hydrogen-bond donors (Lipinski definition) is 0. The lowest BCUT2D eigenvalue weighted by Gasteiger charge is -2.08. The first-order valence-electron chi connectivity index (χ1n) is 8.13. The van der Waals surface area contributed by atoms with E-state index in [1.165, 1.54) is 5.56 Å². The van der Waals surface area contributed by atoms with Crippen LogP contribution < -0.4 is 4.74 Å². The van der Waals surface area contributed by atoms with Crippen molar-refractivity contribution in [2.45, 2.75) is 27.7 Å². The minimum absolute atomic E-state index is 0.506. The maximum Gasteiger partial charge on any atom is 0.182 e. The summed E-state index contributed by atoms with van der Waals surface area (Å²) in [5, 5.41) is 8.71. The molecule has 1 aromatic carbocycles. The second-order valence-electron chi connectivity index (χ2n) is 6.35. The van der Waals surface area contributed by atoms with Crippen LogP contribution in [0.1, 0.15) is 25.1 Å². The van der Waals surface area contributed by atoms with Crippen LogP contribution in [0.15, 0.2) is 52.8 Å². The van der Waals surface area contributed by atoms with Crippen LogP contribution in [0.25, 0.3) is 5.65 Å². The summed E-state index contributed by atoms with van der Waals surface area (Å²) in [7, 11) is 0. The maximum atomic E-state index is 5.67. The first kappa shape index (κ1) is 16.2. The van der Waals surface area contributed by atoms with Gasteiger partial charge in [0.25, 0.3) is 0 Å². The Kier molecular flexibility index (Phi) is 4.60. The third-order valence-corrected chi connectivity index (χ3v) is 3.60. The molecule has 0 spiro atoms. The van der Waals surface area contributed by atoms with Crippen molar-refractivity contribution in [1.29, 1.82) is 0 Å². The summed E-state index contributed by atoms with van der Waals surface area (Å²) in [6.45, 7) is 8.96. The molecule has 0 bridgehead atoms. The zero-order valence-corrected chi connectivity index (χ0v) is 14.5. The number of aryl methyl sites for hydroxylation is 2. The van der Waals surface area contributed by atoms with Gasteiger partial charge in [-0.1, -0.05) is 13.8 Å². The Balaban J connectivity index is 1.79. The van der Waals surface area contributed by atoms with E-state index in [2.05, 4.69) is 29.1 Å². The summed E-state index contributed by atoms with van der Waals surface area (Å²) >= 11 is 0. The quantitative estimate of drug-likeness (QED) is 0.590. The van der Waals surface area contributed by atoms with E-state index in [0.29, 0.717) is 12.5 Å². The van der Waals surface area contributed by atoms with Gasteiger partial charge in [0, 0.05) is 6.20 Å². The molecule has 124 valence electrons. The summed E-state index contributed by atoms with van der Waals surface area (Å²) in [5.41, 5.74) is 3.71. The lowest BCUT2D eigenvalue weighted by Crippen LogP contribution is -2.03. The van der Waals surface area contributed by atoms with Crippen LogP contribution in [0.2, 0.25) is 0 Å². The molecule has 0 radical (unpaired) electrons. The van der Waals surface area contributed by atoms with Gasteiger partial charge < -0.3 is 4.74 Å². The minimum atomic E-state index is 0.506. The molecular formula is C19H22N4O. The van der Waals surface area contributed by atoms with E-state index in [1.807, 2.05) is 60.8 Å². The zero-order chi connectivity index (χ0) is 17.1. The highest BCUT2D eigenvalue weighted by Crippen LogP contribution is 2.25. The SMILES string of the molecule is Cc1ccn2c(N=Nc3ccc(OCC(C)C)cc3)c(C)nc2c1. The summed E-state index contributed by atoms with van der Waals surface area (Å²) in [5.74, 6) is 2.11. The molecule has 0 atom stereocenters. The highest BCUT2D eigenvalue weighted by atomic mass is 16.5. The van der Waals surface area contributed by atoms with Crippen molar-refractivity contribution in [3.05, 3.63) is 53.9 Å². The van der Waals surface area contributed by atoms with Crippen molar-refractivity contribution in [2.75, 3.05) is 6.61 Å². The van der Waals surface area contributed by atoms with E-state index in [4.69, 9.17) is 4.74 Å². The topological polar surface area (TPSA) is 51.2 Å². The Morgan fingerprint density at radius 3 is 2.54 bits per heavy atom. The van der Waals surface area contributed by atoms with Gasteiger partial charge in [-0.2, -0.15) is 0 Å². The monoisotopic (exact) mass is 322 g/mol. The number of azo groups is 1. The number of fused-ring (bicyclic) bond motifs is 1. The Labute approximate surface area is 142 Å². The number of nitrogens with zero attached hydrogens (tertiary/aromatic N) is 4. The molecule has 0 amide bonds. The predicted octanol–water partition coefficient (Wildman–Crippen LogP) is 5.40. The lowest BCUT2D eigenvalue weighted by molar-refractivity contribution is 0.271. The largest absolute Gasteiger partial charge is 0.493 e. The standard InChI is InChI=1S/C19H22N4O/c1-13(2)12-24-17-7-5-16(6-8-17)21-22-19-15(4)20-18-11-14(3)9-10-23(18)19/h5-11,13H,12H2,1-4H3. The number of imidazole rings is 1. The van der Waals surface area contributed by atoms with Crippen LogP contribution in [0, 0.1) is 19.8 Å². The smallest absolute Gasteiger partial charge is 0.182 e. The van der Waals surface area contributed by atoms with E-state index in [9.17, 15) is 0 Å². The second-order valence-corrected chi connectivity index (χ2v) is 6.35. The normalized spacial score (nSPS) is 11.7. The van der Waals surface area contributed by atoms with Gasteiger partial charge in [0.2, 0.25) is 0 Å². The number of ether oxygens (including phenoxy) is 1. The molecule has 0 N–H and O–H groups in total. The van der Waals surface area contributed by atoms with E-state index in [0.717, 1.165) is 28.6 Å². The van der Waals surface area contributed by atoms with Gasteiger partial charge in [-0.15, -0.1) is 10.2 Å². The Morgan fingerprint density at radius 2 is 1.83 bits per heavy atom. The van der Waals surface area contributed by atoms with E-state index in [-0.39, 0.29) is 0 Å². The van der Waals surface area contributed by atoms with Crippen LogP contribution in [0.3, 0.4) is 0 Å². The lowest BCUT2D eigenvalue weighted by atomic mass is 10.2. The van der Waals surface area contributed by atoms with Crippen molar-refractivity contribution in [2.24, 2.45) is 16.1 Å². The number of aromatic nitrogens is 2. The van der Waals surface area contributed by atoms with Gasteiger partial charge in [0.15, 0.2) is 5.82 Å². The Morgan fingerprint density at radius 1 is 1.08 bits per heavy atom. The summed E-state index contributed by atoms with van der Waals surface area (Å²) in [6.07, 6.45) is 1.97. The predicted molar refractivity (Wildman–Crippen MR) is 95.6 cm³/mol. The second kappa shape index (κ2) is 6.83. The molecule has 0 aliphatic carbocycles. The van der Waals surface area contributed by atoms with Crippen molar-refractivity contribution in [3.63, 3.8) is 0 Å². The van der Waals surface area contributed by atoms with Crippen LogP contribution in [0.5, 0.6) is 5.75 Å². The third-order valence-electron chi connectivity index (χ3n) is 3.60. The molecule has 0 saturated carbocycles. The van der Waals surface area contributed by atoms with E-state index in [1.54, 1.807) is 0 Å². The molecule has 0 fully saturated rings. The molecule has 24 heavy (non-hydrogen) atoms. The summed E-state index contributed by atoms with van der Waals surface area (Å²) < 4.78 is 7.62. The van der Waals surface area contributed by atoms with Gasteiger partial charge in [-0.05, 0) is 61.7 Å². The molecule has 0 saturated heterocycles. The Bertz CT molecular complexity index is 863. The average molecular weight is 322 g/mol. The maximum absolute atomic E-state index is 5.67. The van der Waals surface area contributed by atoms with Crippen molar-refractivity contribution >= 4 is 17.2 Å². The molecular weight excluding hydrogens is 300 g/mol. The van der Waals surface area contributed by atoms with Crippen LogP contribution in [-0.4, -0.2) is 16.0 Å². The first-order chi connectivity index (χ1) is 11.5. The fourth-order valence-corrected chi connectivity index (χ4v) is 2.35. The van der Waals surface area contributed by atoms with Gasteiger partial charge in [-0.25, -0.2) is 4.98 Å². The highest BCUT2D eigenvalue weighted by molar-refractivity contribution is 5.53. The van der Waals surface area contributed by atoms with Crippen molar-refractivity contribution < 1.29 is 4.74 Å². The molecule has 3 rings (SSSR count). The van der Waals surface area contributed by atoms with Gasteiger partial charge >= 0.3 is 0 Å². The number of hydrogen-bond acceptors (Lipinski definition) is 4. The first-order valence-corrected chi connectivity index (χ1v) is 8.13. The van der Waals surface area contributed by atoms with Crippen LogP contribution in [0.4, 0.5) is 11.5 Å². The van der Waals surface area contributed by atoms with Crippen LogP contribution >= 0.6 is 0 Å². The summed E-state index contributed by atoms with van der Waals surface area (Å²) in [6, 6.07) is 11.7. The fourth-order valence-electron chi connectivity index (χ4n) is 2.35. The molecule has 3 aromatic rings. The van der Waals surface area contributed by atoms with Gasteiger partial charge in [0.05, 0.1) is 18.0 Å². The molecule has 5 nitrogen and oxygen atoms in total. The number of rotatable bonds is 5.